The number of anilines is 1. The van der Waals surface area contributed by atoms with Gasteiger partial charge in [0, 0.05) is 0 Å². The topological polar surface area (TPSA) is 115 Å². The second kappa shape index (κ2) is 8.61. The summed E-state index contributed by atoms with van der Waals surface area (Å²) in [5.74, 6) is -0.708. The molecule has 3 aromatic rings. The summed E-state index contributed by atoms with van der Waals surface area (Å²) >= 11 is 0. The van der Waals surface area contributed by atoms with Gasteiger partial charge in [0.15, 0.2) is 0 Å². The summed E-state index contributed by atoms with van der Waals surface area (Å²) in [6, 6.07) is 15.2. The van der Waals surface area contributed by atoms with Crippen LogP contribution in [0.3, 0.4) is 0 Å². The van der Waals surface area contributed by atoms with Crippen LogP contribution in [0.2, 0.25) is 0 Å². The summed E-state index contributed by atoms with van der Waals surface area (Å²) in [5, 5.41) is 2.66. The zero-order valence-electron chi connectivity index (χ0n) is 15.4. The third-order valence-corrected chi connectivity index (χ3v) is 5.42. The molecular formula is C20H18N2O6S. The van der Waals surface area contributed by atoms with Crippen molar-refractivity contribution in [2.45, 2.75) is 11.4 Å². The highest BCUT2D eigenvalue weighted by molar-refractivity contribution is 7.92. The summed E-state index contributed by atoms with van der Waals surface area (Å²) in [4.78, 5) is 24.2. The summed E-state index contributed by atoms with van der Waals surface area (Å²) in [6.07, 6.45) is 1.49. The van der Waals surface area contributed by atoms with Crippen LogP contribution in [-0.2, 0) is 21.3 Å². The minimum atomic E-state index is -4.16. The van der Waals surface area contributed by atoms with Crippen LogP contribution in [0.15, 0.2) is 76.2 Å². The number of para-hydroxylation sites is 1. The average molecular weight is 414 g/mol. The van der Waals surface area contributed by atoms with Gasteiger partial charge in [0.25, 0.3) is 15.9 Å². The van der Waals surface area contributed by atoms with E-state index >= 15 is 0 Å². The molecule has 29 heavy (non-hydrogen) atoms. The van der Waals surface area contributed by atoms with Crippen molar-refractivity contribution in [3.8, 4) is 0 Å². The molecule has 0 saturated heterocycles. The maximum atomic E-state index is 12.9. The first-order valence-electron chi connectivity index (χ1n) is 8.52. The van der Waals surface area contributed by atoms with E-state index in [0.717, 1.165) is 7.11 Å². The molecule has 3 rings (SSSR count). The van der Waals surface area contributed by atoms with Gasteiger partial charge in [-0.2, -0.15) is 0 Å². The van der Waals surface area contributed by atoms with Gasteiger partial charge < -0.3 is 14.5 Å². The molecule has 0 spiro atoms. The number of esters is 1. The molecule has 0 radical (unpaired) electrons. The number of hydrogen-bond acceptors (Lipinski definition) is 6. The summed E-state index contributed by atoms with van der Waals surface area (Å²) < 4.78 is 38.0. The highest BCUT2D eigenvalue weighted by Crippen LogP contribution is 2.23. The quantitative estimate of drug-likeness (QED) is 0.575. The molecule has 0 unspecified atom stereocenters. The number of hydrogen-bond donors (Lipinski definition) is 2. The highest BCUT2D eigenvalue weighted by atomic mass is 32.2. The number of methoxy groups -OCH3 is 1. The van der Waals surface area contributed by atoms with Gasteiger partial charge in [-0.3, -0.25) is 9.52 Å². The first-order valence-corrected chi connectivity index (χ1v) is 10.0. The van der Waals surface area contributed by atoms with Gasteiger partial charge in [-0.15, -0.1) is 0 Å². The van der Waals surface area contributed by atoms with E-state index in [9.17, 15) is 18.0 Å². The number of benzene rings is 2. The largest absolute Gasteiger partial charge is 0.467 e. The number of rotatable bonds is 7. The third-order valence-electron chi connectivity index (χ3n) is 4.00. The number of ether oxygens (including phenoxy) is 1. The second-order valence-corrected chi connectivity index (χ2v) is 7.55. The van der Waals surface area contributed by atoms with Crippen LogP contribution in [0.1, 0.15) is 26.5 Å². The lowest BCUT2D eigenvalue weighted by Crippen LogP contribution is -2.25. The van der Waals surface area contributed by atoms with Crippen LogP contribution >= 0.6 is 0 Å². The lowest BCUT2D eigenvalue weighted by atomic mass is 10.1. The molecular weight excluding hydrogens is 396 g/mol. The van der Waals surface area contributed by atoms with Crippen molar-refractivity contribution in [1.82, 2.24) is 5.32 Å². The molecule has 1 aromatic heterocycles. The molecule has 9 heteroatoms. The average Bonchev–Trinajstić information content (AvgIpc) is 3.25. The van der Waals surface area contributed by atoms with Crippen LogP contribution in [-0.4, -0.2) is 27.4 Å². The van der Waals surface area contributed by atoms with Gasteiger partial charge in [0.05, 0.1) is 36.7 Å². The molecule has 8 nitrogen and oxygen atoms in total. The van der Waals surface area contributed by atoms with E-state index in [1.54, 1.807) is 24.3 Å². The monoisotopic (exact) mass is 414 g/mol. The number of carbonyl (C=O) groups is 2. The van der Waals surface area contributed by atoms with Crippen molar-refractivity contribution < 1.29 is 27.2 Å². The SMILES string of the molecule is COC(=O)c1ccccc1S(=O)(=O)Nc1ccccc1C(=O)NCc1ccco1. The zero-order chi connectivity index (χ0) is 20.9. The summed E-state index contributed by atoms with van der Waals surface area (Å²) in [6.45, 7) is 0.151. The second-order valence-electron chi connectivity index (χ2n) is 5.90. The molecule has 0 aliphatic heterocycles. The number of nitrogens with one attached hydrogen (secondary N) is 2. The van der Waals surface area contributed by atoms with Gasteiger partial charge in [0.2, 0.25) is 0 Å². The van der Waals surface area contributed by atoms with E-state index in [1.807, 2.05) is 0 Å². The molecule has 0 aliphatic rings. The van der Waals surface area contributed by atoms with E-state index in [0.29, 0.717) is 5.76 Å². The van der Waals surface area contributed by atoms with Crippen LogP contribution in [0.25, 0.3) is 0 Å². The van der Waals surface area contributed by atoms with Crippen molar-refractivity contribution >= 4 is 27.6 Å². The van der Waals surface area contributed by atoms with Crippen molar-refractivity contribution in [3.63, 3.8) is 0 Å². The normalized spacial score (nSPS) is 10.9. The summed E-state index contributed by atoms with van der Waals surface area (Å²) in [7, 11) is -3.00. The van der Waals surface area contributed by atoms with E-state index in [4.69, 9.17) is 4.42 Å². The number of carbonyl (C=O) groups excluding carboxylic acids is 2. The predicted molar refractivity (Wildman–Crippen MR) is 105 cm³/mol. The van der Waals surface area contributed by atoms with Crippen molar-refractivity contribution in [3.05, 3.63) is 83.8 Å². The maximum absolute atomic E-state index is 12.9. The van der Waals surface area contributed by atoms with Crippen LogP contribution in [0, 0.1) is 0 Å². The van der Waals surface area contributed by atoms with E-state index in [1.165, 1.54) is 42.7 Å². The van der Waals surface area contributed by atoms with Crippen LogP contribution in [0.5, 0.6) is 0 Å². The first kappa shape index (κ1) is 20.2. The lowest BCUT2D eigenvalue weighted by molar-refractivity contribution is 0.0596. The Balaban J connectivity index is 1.87. The fourth-order valence-corrected chi connectivity index (χ4v) is 3.90. The van der Waals surface area contributed by atoms with Gasteiger partial charge >= 0.3 is 5.97 Å². The van der Waals surface area contributed by atoms with Gasteiger partial charge in [0.1, 0.15) is 10.7 Å². The van der Waals surface area contributed by atoms with Crippen LogP contribution in [0.4, 0.5) is 5.69 Å². The molecule has 0 fully saturated rings. The van der Waals surface area contributed by atoms with Gasteiger partial charge in [-0.1, -0.05) is 24.3 Å². The van der Waals surface area contributed by atoms with Crippen molar-refractivity contribution in [1.29, 1.82) is 0 Å². The van der Waals surface area contributed by atoms with Gasteiger partial charge in [-0.05, 0) is 36.4 Å². The van der Waals surface area contributed by atoms with E-state index in [2.05, 4.69) is 14.8 Å². The summed E-state index contributed by atoms with van der Waals surface area (Å²) in [5.41, 5.74) is 0.0875. The molecule has 0 aliphatic carbocycles. The Kier molecular flexibility index (Phi) is 5.99. The Labute approximate surface area is 167 Å². The van der Waals surface area contributed by atoms with Crippen molar-refractivity contribution in [2.75, 3.05) is 11.8 Å². The fourth-order valence-electron chi connectivity index (χ4n) is 2.63. The molecule has 2 N–H and O–H groups in total. The fraction of sp³-hybridized carbons (Fsp3) is 0.100. The van der Waals surface area contributed by atoms with E-state index in [-0.39, 0.29) is 28.3 Å². The molecule has 0 saturated carbocycles. The Morgan fingerprint density at radius 3 is 2.34 bits per heavy atom. The first-order chi connectivity index (χ1) is 13.9. The number of sulfonamides is 1. The molecule has 2 aromatic carbocycles. The number of furan rings is 1. The minimum Gasteiger partial charge on any atom is -0.467 e. The predicted octanol–water partition coefficient (Wildman–Crippen LogP) is 2.80. The Morgan fingerprint density at radius 1 is 0.966 bits per heavy atom. The minimum absolute atomic E-state index is 0.0733. The zero-order valence-corrected chi connectivity index (χ0v) is 16.2. The van der Waals surface area contributed by atoms with Gasteiger partial charge in [-0.25, -0.2) is 13.2 Å². The molecule has 1 heterocycles. The Bertz CT molecular complexity index is 1120. The number of amides is 1. The smallest absolute Gasteiger partial charge is 0.339 e. The van der Waals surface area contributed by atoms with Crippen molar-refractivity contribution in [2.24, 2.45) is 0 Å². The van der Waals surface area contributed by atoms with E-state index < -0.39 is 21.9 Å². The molecule has 0 bridgehead atoms. The lowest BCUT2D eigenvalue weighted by Gasteiger charge is -2.14. The van der Waals surface area contributed by atoms with Crippen LogP contribution < -0.4 is 10.0 Å². The molecule has 0 atom stereocenters. The standard InChI is InChI=1S/C20H18N2O6S/c1-27-20(24)16-9-3-5-11-18(16)29(25,26)22-17-10-4-2-8-15(17)19(23)21-13-14-7-6-12-28-14/h2-12,22H,13H2,1H3,(H,21,23). The highest BCUT2D eigenvalue weighted by Gasteiger charge is 2.24. The Morgan fingerprint density at radius 2 is 1.66 bits per heavy atom. The molecule has 150 valence electrons. The third kappa shape index (κ3) is 4.64. The molecule has 1 amide bonds. The Hall–Kier alpha value is -3.59. The maximum Gasteiger partial charge on any atom is 0.339 e.